The van der Waals surface area contributed by atoms with Gasteiger partial charge in [-0.05, 0) is 0 Å². The van der Waals surface area contributed by atoms with Crippen LogP contribution in [0, 0.1) is 0 Å². The Labute approximate surface area is 207 Å². The number of allylic oxidation sites excluding steroid dienone is 4. The monoisotopic (exact) mass is 501 g/mol. The first-order chi connectivity index (χ1) is 14.9. The fourth-order valence-electron chi connectivity index (χ4n) is 5.36. The third-order valence-corrected chi connectivity index (χ3v) is 10.6. The van der Waals surface area contributed by atoms with E-state index in [0.717, 1.165) is 12.8 Å². The molecule has 1 atom stereocenters. The van der Waals surface area contributed by atoms with Crippen molar-refractivity contribution in [3.05, 3.63) is 75.9 Å². The third-order valence-electron chi connectivity index (χ3n) is 7.01. The van der Waals surface area contributed by atoms with E-state index >= 15 is 0 Å². The van der Waals surface area contributed by atoms with Crippen LogP contribution in [0.25, 0.3) is 16.7 Å². The summed E-state index contributed by atoms with van der Waals surface area (Å²) in [5.74, 6) is 0. The molecule has 2 aliphatic carbocycles. The summed E-state index contributed by atoms with van der Waals surface area (Å²) < 4.78 is 2.29. The van der Waals surface area contributed by atoms with E-state index in [1.54, 1.807) is 25.5 Å². The molecule has 0 bridgehead atoms. The molecule has 0 fully saturated rings. The zero-order valence-corrected chi connectivity index (χ0v) is 24.0. The number of hydrogen-bond donors (Lipinski definition) is 0. The minimum atomic E-state index is -0.756. The van der Waals surface area contributed by atoms with Crippen molar-refractivity contribution in [1.29, 1.82) is 0 Å². The zero-order chi connectivity index (χ0) is 23.4. The van der Waals surface area contributed by atoms with Gasteiger partial charge in [-0.1, -0.05) is 0 Å². The Morgan fingerprint density at radius 1 is 0.938 bits per heavy atom. The summed E-state index contributed by atoms with van der Waals surface area (Å²) in [5.41, 5.74) is 14.3. The molecule has 0 saturated heterocycles. The molecular weight excluding hydrogens is 464 g/mol. The van der Waals surface area contributed by atoms with Gasteiger partial charge < -0.3 is 0 Å². The Bertz CT molecular complexity index is 1150. The number of rotatable bonds is 3. The van der Waals surface area contributed by atoms with Gasteiger partial charge in [0.2, 0.25) is 0 Å². The second kappa shape index (κ2) is 8.47. The molecule has 2 aliphatic rings. The Kier molecular flexibility index (Phi) is 6.30. The molecule has 0 aliphatic heterocycles. The minimum absolute atomic E-state index is 0.130. The van der Waals surface area contributed by atoms with E-state index in [4.69, 9.17) is 0 Å². The predicted molar refractivity (Wildman–Crippen MR) is 138 cm³/mol. The maximum absolute atomic E-state index is 2.56. The number of benzene rings is 2. The van der Waals surface area contributed by atoms with Crippen molar-refractivity contribution < 1.29 is 22.8 Å². The molecule has 0 N–H and O–H groups in total. The summed E-state index contributed by atoms with van der Waals surface area (Å²) in [6, 6.07) is 12.3. The number of fused-ring (bicyclic) bond motifs is 3. The van der Waals surface area contributed by atoms with Crippen LogP contribution in [0.2, 0.25) is 0 Å². The van der Waals surface area contributed by atoms with Crippen molar-refractivity contribution in [2.45, 2.75) is 89.6 Å². The zero-order valence-electron chi connectivity index (χ0n) is 21.5. The molecule has 1 unspecified atom stereocenters. The van der Waals surface area contributed by atoms with Gasteiger partial charge in [0.1, 0.15) is 0 Å². The van der Waals surface area contributed by atoms with Crippen LogP contribution in [0.5, 0.6) is 0 Å². The van der Waals surface area contributed by atoms with Gasteiger partial charge in [0.05, 0.1) is 0 Å². The first-order valence-corrected chi connectivity index (χ1v) is 14.9. The first-order valence-electron chi connectivity index (χ1n) is 12.2. The molecule has 4 rings (SSSR count). The van der Waals surface area contributed by atoms with Gasteiger partial charge in [0.25, 0.3) is 0 Å². The quantitative estimate of drug-likeness (QED) is 0.393. The SMILES string of the molecule is CCC1=C(c2c(C(C)(C)C)ccc3c2[CH]([Zr]=[C](C)C)c2cc(C(C)(C)C)ccc2-3)CC=C1. The first kappa shape index (κ1) is 23.8. The van der Waals surface area contributed by atoms with E-state index in [-0.39, 0.29) is 10.8 Å². The molecule has 0 spiro atoms. The van der Waals surface area contributed by atoms with Crippen LogP contribution < -0.4 is 0 Å². The van der Waals surface area contributed by atoms with Gasteiger partial charge in [-0.2, -0.15) is 0 Å². The third kappa shape index (κ3) is 4.16. The van der Waals surface area contributed by atoms with E-state index in [2.05, 4.69) is 105 Å². The Morgan fingerprint density at radius 3 is 2.22 bits per heavy atom. The van der Waals surface area contributed by atoms with Crippen molar-refractivity contribution in [2.75, 3.05) is 0 Å². The Balaban J connectivity index is 2.08. The van der Waals surface area contributed by atoms with Crippen LogP contribution in [0.15, 0.2) is 48.1 Å². The molecule has 0 radical (unpaired) electrons. The molecule has 0 heterocycles. The van der Waals surface area contributed by atoms with Crippen LogP contribution in [0.1, 0.15) is 107 Å². The fourth-order valence-corrected chi connectivity index (χ4v) is 8.84. The molecular formula is C31H39Zr. The van der Waals surface area contributed by atoms with Gasteiger partial charge in [-0.15, -0.1) is 0 Å². The van der Waals surface area contributed by atoms with Gasteiger partial charge in [0.15, 0.2) is 0 Å². The van der Waals surface area contributed by atoms with Crippen molar-refractivity contribution in [3.63, 3.8) is 0 Å². The summed E-state index contributed by atoms with van der Waals surface area (Å²) in [6.45, 7) is 21.2. The van der Waals surface area contributed by atoms with Gasteiger partial charge in [-0.3, -0.25) is 0 Å². The summed E-state index contributed by atoms with van der Waals surface area (Å²) in [4.78, 5) is 0. The normalized spacial score (nSPS) is 17.5. The summed E-state index contributed by atoms with van der Waals surface area (Å²) in [6.07, 6.45) is 6.96. The van der Waals surface area contributed by atoms with Crippen LogP contribution in [-0.2, 0) is 33.6 Å². The van der Waals surface area contributed by atoms with Crippen LogP contribution >= 0.6 is 0 Å². The average Bonchev–Trinajstić information content (AvgIpc) is 3.28. The summed E-state index contributed by atoms with van der Waals surface area (Å²) in [7, 11) is 0. The summed E-state index contributed by atoms with van der Waals surface area (Å²) >= 11 is -0.756. The average molecular weight is 503 g/mol. The molecule has 2 aromatic rings. The van der Waals surface area contributed by atoms with E-state index in [9.17, 15) is 0 Å². The van der Waals surface area contributed by atoms with Gasteiger partial charge in [0, 0.05) is 0 Å². The Hall–Kier alpha value is -1.33. The van der Waals surface area contributed by atoms with E-state index < -0.39 is 22.8 Å². The second-order valence-corrected chi connectivity index (χ2v) is 16.4. The van der Waals surface area contributed by atoms with Crippen LogP contribution in [0.3, 0.4) is 0 Å². The number of hydrogen-bond acceptors (Lipinski definition) is 0. The van der Waals surface area contributed by atoms with Crippen molar-refractivity contribution in [1.82, 2.24) is 0 Å². The summed E-state index contributed by atoms with van der Waals surface area (Å²) in [5, 5.41) is 0. The topological polar surface area (TPSA) is 0 Å². The molecule has 0 saturated carbocycles. The Morgan fingerprint density at radius 2 is 1.62 bits per heavy atom. The van der Waals surface area contributed by atoms with E-state index in [1.807, 2.05) is 0 Å². The fraction of sp³-hybridized carbons (Fsp3) is 0.452. The van der Waals surface area contributed by atoms with Gasteiger partial charge >= 0.3 is 208 Å². The molecule has 0 aromatic heterocycles. The molecule has 0 nitrogen and oxygen atoms in total. The van der Waals surface area contributed by atoms with Crippen molar-refractivity contribution in [2.24, 2.45) is 0 Å². The maximum atomic E-state index is 2.56. The standard InChI is InChI=1S/C28H33.C3H6.Zr/c1-8-18-10-9-11-22(18)26-24-17-19-16-20(27(2,3)4)12-13-21(19)23(24)14-15-25(26)28(5,6)7;1-3-2;/h9-10,12-17H,8,11H2,1-7H3;1-2H3;. The molecule has 2 aromatic carbocycles. The molecule has 0 amide bonds. The molecule has 1 heteroatoms. The van der Waals surface area contributed by atoms with Crippen LogP contribution in [0.4, 0.5) is 0 Å². The molecule has 32 heavy (non-hydrogen) atoms. The van der Waals surface area contributed by atoms with Crippen LogP contribution in [-0.4, -0.2) is 3.21 Å². The van der Waals surface area contributed by atoms with Crippen molar-refractivity contribution in [3.8, 4) is 11.1 Å². The van der Waals surface area contributed by atoms with E-state index in [0.29, 0.717) is 3.63 Å². The molecule has 167 valence electrons. The predicted octanol–water partition coefficient (Wildman–Crippen LogP) is 8.77. The van der Waals surface area contributed by atoms with Gasteiger partial charge in [-0.25, -0.2) is 0 Å². The van der Waals surface area contributed by atoms with E-state index in [1.165, 1.54) is 27.8 Å². The second-order valence-electron chi connectivity index (χ2n) is 11.8. The van der Waals surface area contributed by atoms with Crippen molar-refractivity contribution >= 4 is 8.78 Å².